The first kappa shape index (κ1) is 15.1. The van der Waals surface area contributed by atoms with Gasteiger partial charge in [-0.1, -0.05) is 6.08 Å². The first-order valence-corrected chi connectivity index (χ1v) is 4.80. The van der Waals surface area contributed by atoms with Gasteiger partial charge < -0.3 is 5.73 Å². The maximum atomic E-state index is 10.5. The third-order valence-electron chi connectivity index (χ3n) is 1.38. The van der Waals surface area contributed by atoms with Crippen LogP contribution in [0.3, 0.4) is 0 Å². The van der Waals surface area contributed by atoms with Crippen molar-refractivity contribution in [1.29, 1.82) is 0 Å². The van der Waals surface area contributed by atoms with E-state index in [0.29, 0.717) is 12.8 Å². The summed E-state index contributed by atoms with van der Waals surface area (Å²) >= 11 is 0. The van der Waals surface area contributed by atoms with Crippen molar-refractivity contribution in [2.24, 2.45) is 5.73 Å². The Morgan fingerprint density at radius 2 is 2.08 bits per heavy atom. The van der Waals surface area contributed by atoms with Crippen LogP contribution in [0.5, 0.6) is 0 Å². The van der Waals surface area contributed by atoms with Gasteiger partial charge in [0.25, 0.3) is 10.1 Å². The molecular weight excluding hydrogens is 189 g/mol. The molecule has 3 N–H and O–H groups in total. The predicted molar refractivity (Wildman–Crippen MR) is 51.0 cm³/mol. The first-order chi connectivity index (χ1) is 5.02. The molecule has 0 radical (unpaired) electrons. The molecule has 0 saturated carbocycles. The van der Waals surface area contributed by atoms with E-state index in [-0.39, 0.29) is 36.1 Å². The van der Waals surface area contributed by atoms with E-state index >= 15 is 0 Å². The fourth-order valence-electron chi connectivity index (χ4n) is 0.692. The average molecular weight is 203 g/mol. The summed E-state index contributed by atoms with van der Waals surface area (Å²) in [6.45, 7) is 3.38. The molecule has 0 bridgehead atoms. The molecule has 0 amide bonds. The molecule has 1 unspecified atom stereocenters. The van der Waals surface area contributed by atoms with Crippen molar-refractivity contribution in [1.82, 2.24) is 0 Å². The van der Waals surface area contributed by atoms with Crippen LogP contribution in [-0.4, -0.2) is 54.3 Å². The normalized spacial score (nSPS) is 13.2. The van der Waals surface area contributed by atoms with Gasteiger partial charge in [-0.05, 0) is 12.8 Å². The Morgan fingerprint density at radius 1 is 1.58 bits per heavy atom. The second-order valence-electron chi connectivity index (χ2n) is 2.24. The van der Waals surface area contributed by atoms with Crippen LogP contribution in [-0.2, 0) is 10.1 Å². The van der Waals surface area contributed by atoms with Gasteiger partial charge in [0.05, 0.1) is 5.25 Å². The van der Waals surface area contributed by atoms with Crippen molar-refractivity contribution in [2.75, 3.05) is 6.54 Å². The van der Waals surface area contributed by atoms with Crippen LogP contribution in [0.2, 0.25) is 0 Å². The molecule has 0 aliphatic heterocycles. The zero-order valence-corrected chi connectivity index (χ0v) is 7.05. The zero-order valence-electron chi connectivity index (χ0n) is 6.23. The molecule has 0 fully saturated rings. The van der Waals surface area contributed by atoms with E-state index in [2.05, 4.69) is 6.58 Å². The molecule has 0 aromatic carbocycles. The standard InChI is InChI=1S/C6H13NO3S.Na.H/c1-2-3-4-6(5-7)11(8,9)10;;/h2,6H,1,3-5,7H2,(H,8,9,10);;. The molecular formula is C6H14NNaO3S. The summed E-state index contributed by atoms with van der Waals surface area (Å²) in [6.07, 6.45) is 2.47. The number of hydrogen-bond acceptors (Lipinski definition) is 3. The van der Waals surface area contributed by atoms with Gasteiger partial charge >= 0.3 is 29.6 Å². The van der Waals surface area contributed by atoms with Gasteiger partial charge in [-0.2, -0.15) is 8.42 Å². The number of rotatable bonds is 5. The summed E-state index contributed by atoms with van der Waals surface area (Å²) in [4.78, 5) is 0. The number of allylic oxidation sites excluding steroid dienone is 1. The van der Waals surface area contributed by atoms with Gasteiger partial charge in [-0.15, -0.1) is 6.58 Å². The molecule has 12 heavy (non-hydrogen) atoms. The predicted octanol–water partition coefficient (Wildman–Crippen LogP) is -0.481. The van der Waals surface area contributed by atoms with Gasteiger partial charge in [-0.3, -0.25) is 4.55 Å². The molecule has 0 aromatic rings. The van der Waals surface area contributed by atoms with Crippen LogP contribution in [0.25, 0.3) is 0 Å². The summed E-state index contributed by atoms with van der Waals surface area (Å²) in [5.74, 6) is 0. The summed E-state index contributed by atoms with van der Waals surface area (Å²) in [5.41, 5.74) is 5.13. The van der Waals surface area contributed by atoms with Crippen molar-refractivity contribution in [2.45, 2.75) is 18.1 Å². The summed E-state index contributed by atoms with van der Waals surface area (Å²) in [6, 6.07) is 0. The van der Waals surface area contributed by atoms with E-state index in [1.165, 1.54) is 0 Å². The van der Waals surface area contributed by atoms with E-state index < -0.39 is 15.4 Å². The quantitative estimate of drug-likeness (QED) is 0.359. The topological polar surface area (TPSA) is 80.4 Å². The van der Waals surface area contributed by atoms with Gasteiger partial charge in [0.2, 0.25) is 0 Å². The zero-order chi connectivity index (χ0) is 8.91. The monoisotopic (exact) mass is 203 g/mol. The maximum absolute atomic E-state index is 10.5. The van der Waals surface area contributed by atoms with E-state index in [4.69, 9.17) is 10.3 Å². The first-order valence-electron chi connectivity index (χ1n) is 3.29. The minimum absolute atomic E-state index is 0. The summed E-state index contributed by atoms with van der Waals surface area (Å²) in [7, 11) is -3.96. The third-order valence-corrected chi connectivity index (χ3v) is 2.65. The molecule has 6 heteroatoms. The van der Waals surface area contributed by atoms with Gasteiger partial charge in [-0.25, -0.2) is 0 Å². The van der Waals surface area contributed by atoms with Crippen molar-refractivity contribution in [3.63, 3.8) is 0 Å². The van der Waals surface area contributed by atoms with E-state index in [0.717, 1.165) is 0 Å². The van der Waals surface area contributed by atoms with Gasteiger partial charge in [0.15, 0.2) is 0 Å². The van der Waals surface area contributed by atoms with Crippen LogP contribution < -0.4 is 5.73 Å². The van der Waals surface area contributed by atoms with Crippen LogP contribution >= 0.6 is 0 Å². The molecule has 0 spiro atoms. The van der Waals surface area contributed by atoms with Gasteiger partial charge in [0, 0.05) is 6.54 Å². The third kappa shape index (κ3) is 6.16. The SMILES string of the molecule is C=CCCC(CN)S(=O)(=O)O.[NaH]. The molecule has 4 nitrogen and oxygen atoms in total. The Kier molecular flexibility index (Phi) is 8.88. The molecule has 68 valence electrons. The van der Waals surface area contributed by atoms with Crippen molar-refractivity contribution in [3.05, 3.63) is 12.7 Å². The fourth-order valence-corrected chi connectivity index (χ4v) is 1.37. The average Bonchev–Trinajstić information content (AvgIpc) is 1.87. The Balaban J connectivity index is 0. The van der Waals surface area contributed by atoms with Crippen LogP contribution in [0.15, 0.2) is 12.7 Å². The molecule has 1 atom stereocenters. The molecule has 0 aliphatic rings. The number of hydrogen-bond donors (Lipinski definition) is 2. The Bertz CT molecular complexity index is 215. The Morgan fingerprint density at radius 3 is 2.33 bits per heavy atom. The van der Waals surface area contributed by atoms with Crippen molar-refractivity contribution in [3.8, 4) is 0 Å². The number of nitrogens with two attached hydrogens (primary N) is 1. The Labute approximate surface area is 95.3 Å². The van der Waals surface area contributed by atoms with Crippen LogP contribution in [0.1, 0.15) is 12.8 Å². The minimum atomic E-state index is -3.96. The second-order valence-corrected chi connectivity index (χ2v) is 3.94. The summed E-state index contributed by atoms with van der Waals surface area (Å²) < 4.78 is 29.6. The molecule has 0 aliphatic carbocycles. The van der Waals surface area contributed by atoms with E-state index in [1.807, 2.05) is 0 Å². The van der Waals surface area contributed by atoms with Crippen molar-refractivity contribution >= 4 is 39.7 Å². The van der Waals surface area contributed by atoms with E-state index in [1.54, 1.807) is 6.08 Å². The van der Waals surface area contributed by atoms with Crippen molar-refractivity contribution < 1.29 is 13.0 Å². The van der Waals surface area contributed by atoms with Gasteiger partial charge in [0.1, 0.15) is 0 Å². The Hall–Kier alpha value is 0.610. The summed E-state index contributed by atoms with van der Waals surface area (Å²) in [5, 5.41) is -0.847. The van der Waals surface area contributed by atoms with E-state index in [9.17, 15) is 8.42 Å². The molecule has 0 saturated heterocycles. The molecule has 0 rings (SSSR count). The van der Waals surface area contributed by atoms with Crippen LogP contribution in [0.4, 0.5) is 0 Å². The van der Waals surface area contributed by atoms with Crippen LogP contribution in [0, 0.1) is 0 Å². The second kappa shape index (κ2) is 7.06. The fraction of sp³-hybridized carbons (Fsp3) is 0.667. The molecule has 0 aromatic heterocycles. The molecule has 0 heterocycles.